The lowest BCUT2D eigenvalue weighted by Gasteiger charge is -2.23. The van der Waals surface area contributed by atoms with Gasteiger partial charge in [0.2, 0.25) is 0 Å². The SMILES string of the molecule is CNC(=O)NCCCCC1CCCCN1. The van der Waals surface area contributed by atoms with Gasteiger partial charge in [0.25, 0.3) is 0 Å². The molecular formula is C11H23N3O. The van der Waals surface area contributed by atoms with Crippen LogP contribution in [0.5, 0.6) is 0 Å². The van der Waals surface area contributed by atoms with E-state index in [0.717, 1.165) is 19.0 Å². The Kier molecular flexibility index (Phi) is 6.16. The monoisotopic (exact) mass is 213 g/mol. The van der Waals surface area contributed by atoms with Crippen LogP contribution in [0.2, 0.25) is 0 Å². The highest BCUT2D eigenvalue weighted by molar-refractivity contribution is 5.73. The second-order valence-electron chi connectivity index (χ2n) is 4.15. The van der Waals surface area contributed by atoms with Gasteiger partial charge >= 0.3 is 6.03 Å². The Balaban J connectivity index is 1.89. The molecule has 4 nitrogen and oxygen atoms in total. The summed E-state index contributed by atoms with van der Waals surface area (Å²) in [6.07, 6.45) is 7.54. The van der Waals surface area contributed by atoms with Gasteiger partial charge in [-0.05, 0) is 32.2 Å². The molecule has 3 N–H and O–H groups in total. The summed E-state index contributed by atoms with van der Waals surface area (Å²) in [5, 5.41) is 8.87. The molecule has 1 rings (SSSR count). The van der Waals surface area contributed by atoms with Crippen LogP contribution in [0.25, 0.3) is 0 Å². The molecule has 1 unspecified atom stereocenters. The van der Waals surface area contributed by atoms with E-state index in [9.17, 15) is 4.79 Å². The summed E-state index contributed by atoms with van der Waals surface area (Å²) in [5.41, 5.74) is 0. The second-order valence-corrected chi connectivity index (χ2v) is 4.15. The number of urea groups is 1. The summed E-state index contributed by atoms with van der Waals surface area (Å²) in [5.74, 6) is 0. The molecule has 1 heterocycles. The van der Waals surface area contributed by atoms with Gasteiger partial charge < -0.3 is 16.0 Å². The van der Waals surface area contributed by atoms with Crippen LogP contribution in [0.15, 0.2) is 0 Å². The molecule has 0 aliphatic carbocycles. The average Bonchev–Trinajstić information content (AvgIpc) is 2.29. The molecule has 0 aromatic carbocycles. The molecule has 0 aromatic heterocycles. The largest absolute Gasteiger partial charge is 0.341 e. The third-order valence-electron chi connectivity index (χ3n) is 2.90. The van der Waals surface area contributed by atoms with Crippen LogP contribution in [0.1, 0.15) is 38.5 Å². The second kappa shape index (κ2) is 7.51. The van der Waals surface area contributed by atoms with E-state index in [0.29, 0.717) is 0 Å². The first-order chi connectivity index (χ1) is 7.33. The molecule has 15 heavy (non-hydrogen) atoms. The third kappa shape index (κ3) is 5.62. The first kappa shape index (κ1) is 12.3. The lowest BCUT2D eigenvalue weighted by molar-refractivity contribution is 0.242. The number of amides is 2. The van der Waals surface area contributed by atoms with Crippen LogP contribution in [0.3, 0.4) is 0 Å². The summed E-state index contributed by atoms with van der Waals surface area (Å²) in [7, 11) is 1.64. The normalized spacial score (nSPS) is 21.0. The van der Waals surface area contributed by atoms with Gasteiger partial charge in [0.15, 0.2) is 0 Å². The molecule has 0 radical (unpaired) electrons. The molecule has 0 aromatic rings. The van der Waals surface area contributed by atoms with Gasteiger partial charge in [-0.25, -0.2) is 4.79 Å². The zero-order valence-electron chi connectivity index (χ0n) is 9.64. The number of piperidine rings is 1. The standard InChI is InChI=1S/C11H23N3O/c1-12-11(15)14-9-5-3-7-10-6-2-4-8-13-10/h10,13H,2-9H2,1H3,(H2,12,14,15). The van der Waals surface area contributed by atoms with Gasteiger partial charge in [0, 0.05) is 19.6 Å². The molecule has 1 saturated heterocycles. The maximum Gasteiger partial charge on any atom is 0.314 e. The Morgan fingerprint density at radius 2 is 2.27 bits per heavy atom. The minimum absolute atomic E-state index is 0.0780. The summed E-state index contributed by atoms with van der Waals surface area (Å²) in [4.78, 5) is 10.8. The molecule has 4 heteroatoms. The molecule has 0 spiro atoms. The van der Waals surface area contributed by atoms with E-state index in [2.05, 4.69) is 16.0 Å². The van der Waals surface area contributed by atoms with Crippen molar-refractivity contribution in [1.82, 2.24) is 16.0 Å². The molecular weight excluding hydrogens is 190 g/mol. The smallest absolute Gasteiger partial charge is 0.314 e. The molecule has 1 aliphatic heterocycles. The maximum absolute atomic E-state index is 10.8. The van der Waals surface area contributed by atoms with Gasteiger partial charge in [-0.2, -0.15) is 0 Å². The lowest BCUT2D eigenvalue weighted by Crippen LogP contribution is -2.35. The minimum atomic E-state index is -0.0780. The van der Waals surface area contributed by atoms with Crippen LogP contribution in [0.4, 0.5) is 4.79 Å². The predicted molar refractivity (Wildman–Crippen MR) is 62.0 cm³/mol. The number of hydrogen-bond acceptors (Lipinski definition) is 2. The van der Waals surface area contributed by atoms with Crippen molar-refractivity contribution in [3.05, 3.63) is 0 Å². The van der Waals surface area contributed by atoms with Crippen LogP contribution >= 0.6 is 0 Å². The van der Waals surface area contributed by atoms with Crippen molar-refractivity contribution in [2.45, 2.75) is 44.6 Å². The Morgan fingerprint density at radius 1 is 1.40 bits per heavy atom. The van der Waals surface area contributed by atoms with E-state index in [1.165, 1.54) is 38.6 Å². The summed E-state index contributed by atoms with van der Waals surface area (Å²) in [6.45, 7) is 1.97. The van der Waals surface area contributed by atoms with Crippen molar-refractivity contribution in [3.8, 4) is 0 Å². The van der Waals surface area contributed by atoms with Crippen LogP contribution in [0, 0.1) is 0 Å². The molecule has 1 fully saturated rings. The molecule has 88 valence electrons. The highest BCUT2D eigenvalue weighted by atomic mass is 16.2. The van der Waals surface area contributed by atoms with E-state index in [-0.39, 0.29) is 6.03 Å². The number of unbranched alkanes of at least 4 members (excludes halogenated alkanes) is 1. The van der Waals surface area contributed by atoms with Crippen molar-refractivity contribution < 1.29 is 4.79 Å². The number of nitrogens with one attached hydrogen (secondary N) is 3. The number of carbonyl (C=O) groups excluding carboxylic acids is 1. The molecule has 0 saturated carbocycles. The molecule has 2 amide bonds. The Hall–Kier alpha value is -0.770. The fourth-order valence-corrected chi connectivity index (χ4v) is 1.98. The topological polar surface area (TPSA) is 53.2 Å². The van der Waals surface area contributed by atoms with Crippen LogP contribution in [-0.4, -0.2) is 32.2 Å². The quantitative estimate of drug-likeness (QED) is 0.602. The molecule has 1 atom stereocenters. The Morgan fingerprint density at radius 3 is 2.93 bits per heavy atom. The van der Waals surface area contributed by atoms with Crippen molar-refractivity contribution in [2.75, 3.05) is 20.1 Å². The Labute approximate surface area is 92.2 Å². The van der Waals surface area contributed by atoms with Gasteiger partial charge in [-0.3, -0.25) is 0 Å². The number of carbonyl (C=O) groups is 1. The fourth-order valence-electron chi connectivity index (χ4n) is 1.98. The van der Waals surface area contributed by atoms with Crippen LogP contribution < -0.4 is 16.0 Å². The maximum atomic E-state index is 10.8. The zero-order valence-corrected chi connectivity index (χ0v) is 9.64. The zero-order chi connectivity index (χ0) is 10.9. The number of rotatable bonds is 5. The predicted octanol–water partition coefficient (Wildman–Crippen LogP) is 1.23. The molecule has 0 bridgehead atoms. The van der Waals surface area contributed by atoms with Crippen molar-refractivity contribution >= 4 is 6.03 Å². The average molecular weight is 213 g/mol. The first-order valence-electron chi connectivity index (χ1n) is 6.02. The van der Waals surface area contributed by atoms with Gasteiger partial charge in [-0.15, -0.1) is 0 Å². The highest BCUT2D eigenvalue weighted by Crippen LogP contribution is 2.12. The third-order valence-corrected chi connectivity index (χ3v) is 2.90. The van der Waals surface area contributed by atoms with Gasteiger partial charge in [-0.1, -0.05) is 12.8 Å². The van der Waals surface area contributed by atoms with E-state index in [1.54, 1.807) is 7.05 Å². The summed E-state index contributed by atoms with van der Waals surface area (Å²) >= 11 is 0. The van der Waals surface area contributed by atoms with Crippen molar-refractivity contribution in [1.29, 1.82) is 0 Å². The molecule has 1 aliphatic rings. The van der Waals surface area contributed by atoms with Gasteiger partial charge in [0.05, 0.1) is 0 Å². The Bertz CT molecular complexity index is 179. The summed E-state index contributed by atoms with van der Waals surface area (Å²) < 4.78 is 0. The van der Waals surface area contributed by atoms with E-state index < -0.39 is 0 Å². The summed E-state index contributed by atoms with van der Waals surface area (Å²) in [6, 6.07) is 0.643. The van der Waals surface area contributed by atoms with Crippen molar-refractivity contribution in [3.63, 3.8) is 0 Å². The highest BCUT2D eigenvalue weighted by Gasteiger charge is 2.11. The first-order valence-corrected chi connectivity index (χ1v) is 6.02. The number of hydrogen-bond donors (Lipinski definition) is 3. The fraction of sp³-hybridized carbons (Fsp3) is 0.909. The lowest BCUT2D eigenvalue weighted by atomic mass is 10.00. The van der Waals surface area contributed by atoms with Gasteiger partial charge in [0.1, 0.15) is 0 Å². The van der Waals surface area contributed by atoms with E-state index in [1.807, 2.05) is 0 Å². The van der Waals surface area contributed by atoms with Crippen molar-refractivity contribution in [2.24, 2.45) is 0 Å². The van der Waals surface area contributed by atoms with Crippen LogP contribution in [-0.2, 0) is 0 Å². The van der Waals surface area contributed by atoms with E-state index >= 15 is 0 Å². The van der Waals surface area contributed by atoms with E-state index in [4.69, 9.17) is 0 Å². The minimum Gasteiger partial charge on any atom is -0.341 e.